The lowest BCUT2D eigenvalue weighted by Crippen LogP contribution is -2.70. The Kier molecular flexibility index (Phi) is 20.7. The van der Waals surface area contributed by atoms with E-state index in [4.69, 9.17) is 43.4 Å². The van der Waals surface area contributed by atoms with Crippen LogP contribution in [-0.4, -0.2) is 282 Å². The van der Waals surface area contributed by atoms with Crippen molar-refractivity contribution < 1.29 is 162 Å². The number of aliphatic carboxylic acids is 2. The molecule has 68 heavy (non-hydrogen) atoms. The van der Waals surface area contributed by atoms with E-state index in [2.05, 4.69) is 8.83 Å². The number of carboxylic acids is 2. The lowest BCUT2D eigenvalue weighted by atomic mass is 9.89. The second-order valence-corrected chi connectivity index (χ2v) is 18.7. The third-order valence-electron chi connectivity index (χ3n) is 10.9. The largest absolute Gasteiger partial charge is 0.481 e. The fraction of sp³-hybridized carbons (Fsp3) is 0.938. The maximum absolute atomic E-state index is 13.3. The van der Waals surface area contributed by atoms with Gasteiger partial charge in [-0.15, -0.1) is 0 Å². The summed E-state index contributed by atoms with van der Waals surface area (Å²) in [5.74, 6) is -11.4. The Morgan fingerprint density at radius 3 is 1.69 bits per heavy atom. The van der Waals surface area contributed by atoms with Crippen LogP contribution in [0.2, 0.25) is 0 Å². The summed E-state index contributed by atoms with van der Waals surface area (Å²) in [5, 5.41) is 178. The minimum Gasteiger partial charge on any atom is -0.477 e. The topological polar surface area (TPSA) is 571 Å². The van der Waals surface area contributed by atoms with Crippen LogP contribution in [0.25, 0.3) is 0 Å². The Morgan fingerprint density at radius 1 is 0.632 bits per heavy atom. The quantitative estimate of drug-likeness (QED) is 0.0423. The molecule has 4 aliphatic rings. The summed E-state index contributed by atoms with van der Waals surface area (Å²) in [6, 6.07) is 0. The average molecular weight is 1050 g/mol. The molecule has 398 valence electrons. The SMILES string of the molecule is NCCOP(=O)(O)OP(=O)(O)O[C@H]1[C@H](O[C@H]2O[C@H]([C@@H](O)CO)[C@@H](O)[C@H](O)[C@@H]2O)[C@H](O)[C@@H](O[C@H]2[C@@H]([C@H](O)CO)O[C@@](O)(C(=O)O)C[C@H]2O[C@]2(C(=O)O)C[C@@H](O)[C@@H](O)[C@@H]([C@H](O)CO)O2)O[C@@H]1[C@@H](O)CO. The number of carbonyl (C=O) groups is 2. The van der Waals surface area contributed by atoms with Crippen LogP contribution in [0, 0.1) is 0 Å². The van der Waals surface area contributed by atoms with Gasteiger partial charge >= 0.3 is 27.6 Å². The van der Waals surface area contributed by atoms with Crippen molar-refractivity contribution in [2.24, 2.45) is 5.73 Å². The van der Waals surface area contributed by atoms with Crippen LogP contribution < -0.4 is 5.73 Å². The van der Waals surface area contributed by atoms with Crippen molar-refractivity contribution in [3.63, 3.8) is 0 Å². The highest BCUT2D eigenvalue weighted by atomic mass is 31.3. The minimum atomic E-state index is -6.15. The molecule has 0 saturated carbocycles. The van der Waals surface area contributed by atoms with Crippen molar-refractivity contribution in [2.45, 2.75) is 147 Å². The van der Waals surface area contributed by atoms with Crippen LogP contribution in [0.1, 0.15) is 12.8 Å². The number of rotatable bonds is 23. The van der Waals surface area contributed by atoms with Crippen molar-refractivity contribution in [3.05, 3.63) is 0 Å². The van der Waals surface area contributed by atoms with Gasteiger partial charge in [0.25, 0.3) is 11.6 Å². The second-order valence-electron chi connectivity index (χ2n) is 15.7. The fourth-order valence-electron chi connectivity index (χ4n) is 7.49. The van der Waals surface area contributed by atoms with Gasteiger partial charge in [0.15, 0.2) is 12.6 Å². The molecule has 24 atom stereocenters. The molecule has 4 saturated heterocycles. The number of hydrogen-bond acceptors (Lipinski definition) is 30. The Balaban J connectivity index is 1.89. The summed E-state index contributed by atoms with van der Waals surface area (Å²) in [6.45, 7) is -6.49. The van der Waals surface area contributed by atoms with Crippen molar-refractivity contribution in [2.75, 3.05) is 39.6 Å². The highest BCUT2D eigenvalue weighted by Crippen LogP contribution is 2.61. The molecule has 4 rings (SSSR count). The van der Waals surface area contributed by atoms with Crippen LogP contribution in [0.5, 0.6) is 0 Å². The first-order valence-corrected chi connectivity index (χ1v) is 23.0. The molecule has 0 aromatic carbocycles. The zero-order valence-corrected chi connectivity index (χ0v) is 36.7. The molecular weight excluding hydrogens is 988 g/mol. The first-order chi connectivity index (χ1) is 31.6. The van der Waals surface area contributed by atoms with E-state index in [1.54, 1.807) is 0 Å². The summed E-state index contributed by atoms with van der Waals surface area (Å²) in [6.07, 6.45) is -50.9. The van der Waals surface area contributed by atoms with Crippen LogP contribution in [0.15, 0.2) is 0 Å². The molecule has 0 aromatic rings. The van der Waals surface area contributed by atoms with Gasteiger partial charge in [-0.05, 0) is 0 Å². The molecule has 0 amide bonds. The Morgan fingerprint density at radius 2 is 1.15 bits per heavy atom. The monoisotopic (exact) mass is 1050 g/mol. The van der Waals surface area contributed by atoms with E-state index < -0.39 is 214 Å². The lowest BCUT2D eigenvalue weighted by Gasteiger charge is -2.52. The van der Waals surface area contributed by atoms with Gasteiger partial charge in [-0.25, -0.2) is 18.7 Å². The number of aliphatic hydroxyl groups excluding tert-OH is 14. The Bertz CT molecular complexity index is 1760. The Labute approximate surface area is 381 Å². The summed E-state index contributed by atoms with van der Waals surface area (Å²) < 4.78 is 78.1. The first-order valence-electron chi connectivity index (χ1n) is 20.0. The van der Waals surface area contributed by atoms with Crippen molar-refractivity contribution >= 4 is 27.6 Å². The van der Waals surface area contributed by atoms with Gasteiger partial charge in [0.1, 0.15) is 97.7 Å². The molecule has 34 nitrogen and oxygen atoms in total. The smallest absolute Gasteiger partial charge is 0.477 e. The van der Waals surface area contributed by atoms with Crippen LogP contribution in [0.3, 0.4) is 0 Å². The van der Waals surface area contributed by atoms with Gasteiger partial charge in [0, 0.05) is 19.4 Å². The van der Waals surface area contributed by atoms with Crippen LogP contribution in [0.4, 0.5) is 0 Å². The molecular formula is C32H57NO33P2. The zero-order valence-electron chi connectivity index (χ0n) is 34.9. The van der Waals surface area contributed by atoms with Gasteiger partial charge < -0.3 is 135 Å². The summed E-state index contributed by atoms with van der Waals surface area (Å²) in [4.78, 5) is 46.0. The van der Waals surface area contributed by atoms with E-state index in [1.807, 2.05) is 0 Å². The van der Waals surface area contributed by atoms with Gasteiger partial charge in [0.2, 0.25) is 0 Å². The molecule has 0 aliphatic carbocycles. The normalized spacial score (nSPS) is 42.8. The minimum absolute atomic E-state index is 0.446. The molecule has 0 spiro atoms. The predicted octanol–water partition coefficient (Wildman–Crippen LogP) is -11.1. The number of phosphoric acid groups is 2. The molecule has 21 N–H and O–H groups in total. The third-order valence-corrected chi connectivity index (χ3v) is 13.5. The second kappa shape index (κ2) is 23.9. The van der Waals surface area contributed by atoms with Crippen molar-refractivity contribution in [1.82, 2.24) is 0 Å². The number of aliphatic hydroxyl groups is 15. The van der Waals surface area contributed by atoms with Gasteiger partial charge in [0.05, 0.1) is 45.2 Å². The standard InChI is InChI=1S/C32H57NO33P2/c33-1-2-57-67(53,54)66-68(55,56)65-26-22(12(41)7-36)59-28(19(47)25(26)61-27-18(46)16(44)17(45)20(58-27)10(39)5-34)60-24-14(4-31(52,29(48)49)63-23(24)13(42)8-37)62-32(30(50)51)3-9(38)15(43)21(64-32)11(40)6-35/h9-28,34-47,52H,1-8,33H2,(H,48,49)(H,50,51)(H,53,54)(H,55,56)/t9-,10+,11-,12+,13-,14-,15-,16+,17+,18+,19+,20-,21-,22-,23-,24-,25-,26-,27-,28-,31-,32-/m1/s1. The number of phosphoric ester groups is 2. The van der Waals surface area contributed by atoms with E-state index in [-0.39, 0.29) is 0 Å². The van der Waals surface area contributed by atoms with E-state index in [9.17, 15) is 115 Å². The number of ether oxygens (including phenoxy) is 7. The van der Waals surface area contributed by atoms with E-state index >= 15 is 0 Å². The van der Waals surface area contributed by atoms with Gasteiger partial charge in [-0.1, -0.05) is 0 Å². The maximum Gasteiger partial charge on any atom is 0.481 e. The molecule has 4 aliphatic heterocycles. The fourth-order valence-corrected chi connectivity index (χ4v) is 9.76. The first kappa shape index (κ1) is 58.8. The van der Waals surface area contributed by atoms with Crippen molar-refractivity contribution in [1.29, 1.82) is 0 Å². The lowest BCUT2D eigenvalue weighted by molar-refractivity contribution is -0.401. The Hall–Kier alpha value is -1.72. The number of nitrogens with two attached hydrogens (primary N) is 1. The molecule has 0 aromatic heterocycles. The molecule has 4 fully saturated rings. The van der Waals surface area contributed by atoms with E-state index in [1.165, 1.54) is 0 Å². The molecule has 0 radical (unpaired) electrons. The highest BCUT2D eigenvalue weighted by molar-refractivity contribution is 7.61. The van der Waals surface area contributed by atoms with E-state index in [0.29, 0.717) is 0 Å². The average Bonchev–Trinajstić information content (AvgIpc) is 3.27. The van der Waals surface area contributed by atoms with Crippen LogP contribution in [-0.2, 0) is 65.2 Å². The van der Waals surface area contributed by atoms with Gasteiger partial charge in [-0.2, -0.15) is 4.31 Å². The number of carboxylic acid groups (broad SMARTS) is 2. The zero-order chi connectivity index (χ0) is 51.4. The third kappa shape index (κ3) is 13.3. The molecule has 4 heterocycles. The summed E-state index contributed by atoms with van der Waals surface area (Å²) >= 11 is 0. The predicted molar refractivity (Wildman–Crippen MR) is 203 cm³/mol. The van der Waals surface area contributed by atoms with E-state index in [0.717, 1.165) is 0 Å². The molecule has 2 unspecified atom stereocenters. The summed E-state index contributed by atoms with van der Waals surface area (Å²) in [7, 11) is -11.8. The van der Waals surface area contributed by atoms with Crippen molar-refractivity contribution in [3.8, 4) is 0 Å². The molecule has 36 heteroatoms. The highest BCUT2D eigenvalue weighted by Gasteiger charge is 2.63. The number of hydrogen-bond donors (Lipinski definition) is 20. The summed E-state index contributed by atoms with van der Waals surface area (Å²) in [5.41, 5.74) is 5.21. The van der Waals surface area contributed by atoms with Gasteiger partial charge in [-0.3, -0.25) is 9.05 Å². The van der Waals surface area contributed by atoms with Crippen LogP contribution >= 0.6 is 15.6 Å². The maximum atomic E-state index is 13.3. The molecule has 0 bridgehead atoms.